The highest BCUT2D eigenvalue weighted by molar-refractivity contribution is 5.90. The SMILES string of the molecule is CN[C@@H](C)C(=O)N[C@H](C(=O)N1CCC[C@H]1Cc1cn(C2OC[C@@H](O)[C@H](O)[C@H]2O)c2cc(F)ccc12)C1CCCCC1. The summed E-state index contributed by atoms with van der Waals surface area (Å²) in [6.45, 7) is 2.21. The topological polar surface area (TPSA) is 136 Å². The molecule has 1 unspecified atom stereocenters. The standard InChI is InChI=1S/C30H43FN4O6/c1-17(32-2)28(39)33-25(18-7-4-3-5-8-18)29(40)34-12-6-9-21(34)13-19-15-35(23-14-20(31)10-11-22(19)23)30-27(38)26(37)24(36)16-41-30/h10-11,14-15,17-18,21,24-27,30,32,36-38H,3-9,12-13,16H2,1-2H3,(H,33,39)/t17-,21-,24+,25-,26-,27+,30?/m0/s1. The van der Waals surface area contributed by atoms with Crippen molar-refractivity contribution in [2.24, 2.45) is 5.92 Å². The first-order valence-corrected chi connectivity index (χ1v) is 14.9. The average molecular weight is 575 g/mol. The molecule has 7 atom stereocenters. The first kappa shape index (κ1) is 29.9. The fraction of sp³-hybridized carbons (Fsp3) is 0.667. The molecule has 3 aliphatic rings. The summed E-state index contributed by atoms with van der Waals surface area (Å²) in [5.74, 6) is -0.583. The Hall–Kier alpha value is -2.57. The molecular weight excluding hydrogens is 531 g/mol. The van der Waals surface area contributed by atoms with E-state index < -0.39 is 42.4 Å². The number of hydrogen-bond acceptors (Lipinski definition) is 7. The molecule has 41 heavy (non-hydrogen) atoms. The van der Waals surface area contributed by atoms with Crippen LogP contribution in [0.15, 0.2) is 24.4 Å². The molecule has 3 fully saturated rings. The van der Waals surface area contributed by atoms with Gasteiger partial charge in [0.05, 0.1) is 18.2 Å². The number of benzene rings is 1. The molecule has 2 saturated heterocycles. The minimum atomic E-state index is -1.41. The van der Waals surface area contributed by atoms with Crippen molar-refractivity contribution in [2.75, 3.05) is 20.2 Å². The quantitative estimate of drug-likeness (QED) is 0.323. The molecule has 1 aromatic carbocycles. The van der Waals surface area contributed by atoms with Crippen molar-refractivity contribution < 1.29 is 34.0 Å². The minimum Gasteiger partial charge on any atom is -0.388 e. The second-order valence-electron chi connectivity index (χ2n) is 11.9. The Morgan fingerprint density at radius 3 is 2.59 bits per heavy atom. The normalized spacial score (nSPS) is 29.0. The number of likely N-dealkylation sites (N-methyl/N-ethyl adjacent to an activating group) is 1. The number of ether oxygens (including phenoxy) is 1. The molecule has 0 spiro atoms. The summed E-state index contributed by atoms with van der Waals surface area (Å²) >= 11 is 0. The number of aromatic nitrogens is 1. The first-order valence-electron chi connectivity index (χ1n) is 14.9. The zero-order valence-corrected chi connectivity index (χ0v) is 23.8. The third-order valence-corrected chi connectivity index (χ3v) is 9.25. The van der Waals surface area contributed by atoms with Crippen molar-refractivity contribution in [3.8, 4) is 0 Å². The van der Waals surface area contributed by atoms with Crippen LogP contribution in [0.3, 0.4) is 0 Å². The predicted molar refractivity (Wildman–Crippen MR) is 150 cm³/mol. The molecule has 226 valence electrons. The number of aliphatic hydroxyl groups is 3. The van der Waals surface area contributed by atoms with Crippen LogP contribution >= 0.6 is 0 Å². The maximum absolute atomic E-state index is 14.4. The van der Waals surface area contributed by atoms with Gasteiger partial charge in [-0.15, -0.1) is 0 Å². The maximum Gasteiger partial charge on any atom is 0.245 e. The lowest BCUT2D eigenvalue weighted by molar-refractivity contribution is -0.209. The Bertz CT molecular complexity index is 1230. The second kappa shape index (κ2) is 12.7. The molecule has 0 radical (unpaired) electrons. The molecule has 5 N–H and O–H groups in total. The summed E-state index contributed by atoms with van der Waals surface area (Å²) in [5.41, 5.74) is 1.36. The zero-order valence-electron chi connectivity index (χ0n) is 23.8. The van der Waals surface area contributed by atoms with E-state index in [0.29, 0.717) is 18.5 Å². The van der Waals surface area contributed by atoms with Gasteiger partial charge in [0.25, 0.3) is 0 Å². The van der Waals surface area contributed by atoms with Crippen molar-refractivity contribution in [1.82, 2.24) is 20.1 Å². The number of amides is 2. The van der Waals surface area contributed by atoms with E-state index in [-0.39, 0.29) is 30.4 Å². The summed E-state index contributed by atoms with van der Waals surface area (Å²) in [6, 6.07) is 3.33. The fourth-order valence-electron chi connectivity index (χ4n) is 6.73. The first-order chi connectivity index (χ1) is 19.7. The summed E-state index contributed by atoms with van der Waals surface area (Å²) in [7, 11) is 1.72. The van der Waals surface area contributed by atoms with Crippen LogP contribution in [-0.2, 0) is 20.7 Å². The molecular formula is C30H43FN4O6. The number of nitrogens with one attached hydrogen (secondary N) is 2. The van der Waals surface area contributed by atoms with Crippen molar-refractivity contribution in [1.29, 1.82) is 0 Å². The van der Waals surface area contributed by atoms with Gasteiger partial charge in [0.2, 0.25) is 11.8 Å². The lowest BCUT2D eigenvalue weighted by Gasteiger charge is -2.36. The van der Waals surface area contributed by atoms with Gasteiger partial charge in [0.1, 0.15) is 30.2 Å². The average Bonchev–Trinajstić information content (AvgIpc) is 3.58. The number of fused-ring (bicyclic) bond motifs is 1. The molecule has 11 heteroatoms. The molecule has 2 aromatic rings. The zero-order chi connectivity index (χ0) is 29.3. The predicted octanol–water partition coefficient (Wildman–Crippen LogP) is 1.60. The van der Waals surface area contributed by atoms with E-state index in [4.69, 9.17) is 4.74 Å². The van der Waals surface area contributed by atoms with Crippen molar-refractivity contribution in [3.63, 3.8) is 0 Å². The van der Waals surface area contributed by atoms with Crippen LogP contribution in [0, 0.1) is 11.7 Å². The number of aliphatic hydroxyl groups excluding tert-OH is 3. The Morgan fingerprint density at radius 1 is 1.10 bits per heavy atom. The molecule has 2 aliphatic heterocycles. The van der Waals surface area contributed by atoms with Crippen molar-refractivity contribution in [2.45, 2.75) is 101 Å². The molecule has 1 aromatic heterocycles. The number of nitrogens with zero attached hydrogens (tertiary/aromatic N) is 2. The molecule has 2 amide bonds. The summed E-state index contributed by atoms with van der Waals surface area (Å²) in [4.78, 5) is 28.9. The van der Waals surface area contributed by atoms with Crippen LogP contribution in [0.25, 0.3) is 10.9 Å². The Balaban J connectivity index is 1.41. The number of carbonyl (C=O) groups is 2. The van der Waals surface area contributed by atoms with Gasteiger partial charge in [-0.25, -0.2) is 4.39 Å². The van der Waals surface area contributed by atoms with E-state index >= 15 is 0 Å². The molecule has 1 aliphatic carbocycles. The maximum atomic E-state index is 14.4. The number of halogens is 1. The van der Waals surface area contributed by atoms with E-state index in [1.165, 1.54) is 12.1 Å². The summed E-state index contributed by atoms with van der Waals surface area (Å²) in [6.07, 6.45) is 3.97. The number of hydrogen-bond donors (Lipinski definition) is 5. The highest BCUT2D eigenvalue weighted by Crippen LogP contribution is 2.34. The van der Waals surface area contributed by atoms with Gasteiger partial charge in [-0.2, -0.15) is 0 Å². The van der Waals surface area contributed by atoms with Crippen LogP contribution in [-0.4, -0.2) is 93.2 Å². The lowest BCUT2D eigenvalue weighted by Crippen LogP contribution is -2.56. The molecule has 0 bridgehead atoms. The van der Waals surface area contributed by atoms with Crippen LogP contribution in [0.5, 0.6) is 0 Å². The highest BCUT2D eigenvalue weighted by Gasteiger charge is 2.41. The smallest absolute Gasteiger partial charge is 0.245 e. The van der Waals surface area contributed by atoms with E-state index in [2.05, 4.69) is 10.6 Å². The van der Waals surface area contributed by atoms with Crippen molar-refractivity contribution >= 4 is 22.7 Å². The molecule has 10 nitrogen and oxygen atoms in total. The molecule has 5 rings (SSSR count). The fourth-order valence-corrected chi connectivity index (χ4v) is 6.73. The summed E-state index contributed by atoms with van der Waals surface area (Å²) < 4.78 is 21.7. The lowest BCUT2D eigenvalue weighted by atomic mass is 9.83. The molecule has 1 saturated carbocycles. The number of carbonyl (C=O) groups excluding carboxylic acids is 2. The van der Waals surface area contributed by atoms with Gasteiger partial charge < -0.3 is 40.2 Å². The monoisotopic (exact) mass is 574 g/mol. The Kier molecular flexibility index (Phi) is 9.30. The van der Waals surface area contributed by atoms with Gasteiger partial charge >= 0.3 is 0 Å². The van der Waals surface area contributed by atoms with E-state index in [9.17, 15) is 29.3 Å². The van der Waals surface area contributed by atoms with Gasteiger partial charge in [-0.05, 0) is 75.8 Å². The van der Waals surface area contributed by atoms with Crippen LogP contribution in [0.1, 0.15) is 63.7 Å². The third kappa shape index (κ3) is 6.15. The van der Waals surface area contributed by atoms with Gasteiger partial charge in [0, 0.05) is 24.2 Å². The van der Waals surface area contributed by atoms with Gasteiger partial charge in [0.15, 0.2) is 6.23 Å². The van der Waals surface area contributed by atoms with E-state index in [0.717, 1.165) is 55.9 Å². The Morgan fingerprint density at radius 2 is 1.85 bits per heavy atom. The van der Waals surface area contributed by atoms with Gasteiger partial charge in [-0.1, -0.05) is 19.3 Å². The third-order valence-electron chi connectivity index (χ3n) is 9.25. The Labute approximate surface area is 239 Å². The second-order valence-corrected chi connectivity index (χ2v) is 11.9. The van der Waals surface area contributed by atoms with E-state index in [1.807, 2.05) is 4.90 Å². The summed E-state index contributed by atoms with van der Waals surface area (Å²) in [5, 5.41) is 37.6. The largest absolute Gasteiger partial charge is 0.388 e. The minimum absolute atomic E-state index is 0.0472. The van der Waals surface area contributed by atoms with Crippen molar-refractivity contribution in [3.05, 3.63) is 35.8 Å². The van der Waals surface area contributed by atoms with Gasteiger partial charge in [-0.3, -0.25) is 9.59 Å². The van der Waals surface area contributed by atoms with Crippen LogP contribution in [0.2, 0.25) is 0 Å². The number of likely N-dealkylation sites (tertiary alicyclic amines) is 1. The van der Waals surface area contributed by atoms with E-state index in [1.54, 1.807) is 30.8 Å². The van der Waals surface area contributed by atoms with Crippen LogP contribution < -0.4 is 10.6 Å². The number of rotatable bonds is 8. The highest BCUT2D eigenvalue weighted by atomic mass is 19.1. The molecule has 3 heterocycles. The van der Waals surface area contributed by atoms with Crippen LogP contribution in [0.4, 0.5) is 4.39 Å².